The van der Waals surface area contributed by atoms with Gasteiger partial charge in [-0.1, -0.05) is 6.07 Å². The third kappa shape index (κ3) is 3.78. The summed E-state index contributed by atoms with van der Waals surface area (Å²) in [5.41, 5.74) is -1.51. The lowest BCUT2D eigenvalue weighted by molar-refractivity contribution is -0.137. The third-order valence-electron chi connectivity index (χ3n) is 9.46. The lowest BCUT2D eigenvalue weighted by Gasteiger charge is -2.63. The number of amides is 2. The van der Waals surface area contributed by atoms with Gasteiger partial charge in [0.05, 0.1) is 17.2 Å². The molecule has 2 aromatic rings. The predicted molar refractivity (Wildman–Crippen MR) is 126 cm³/mol. The molecule has 11 heteroatoms. The molecule has 0 radical (unpaired) electrons. The van der Waals surface area contributed by atoms with Crippen LogP contribution in [0.15, 0.2) is 18.2 Å². The molecule has 1 aromatic carbocycles. The molecular weight excluding hydrogens is 500 g/mol. The molecule has 7 nitrogen and oxygen atoms in total. The van der Waals surface area contributed by atoms with Crippen LogP contribution in [0.2, 0.25) is 0 Å². The number of likely N-dealkylation sites (tertiary alicyclic amines) is 2. The average Bonchev–Trinajstić information content (AvgIpc) is 3.32. The Morgan fingerprint density at radius 2 is 1.71 bits per heavy atom. The standard InChI is InChI=1S/C27H28F4N6O/c28-26(3-4-26)22-33-21(34-35-22)19-9-25(10-19)14-37(15-25)23(38)36-12-24(13-36)7-17(8-24)5-16-1-2-20(27(29,30)31)18(6-16)11-32/h1-2,6,17,19H,3-5,7-10,12-15H2,(H,33,34,35). The largest absolute Gasteiger partial charge is 0.417 e. The summed E-state index contributed by atoms with van der Waals surface area (Å²) in [6.07, 6.45) is 0.890. The molecule has 3 heterocycles. The van der Waals surface area contributed by atoms with E-state index in [0.29, 0.717) is 25.2 Å². The van der Waals surface area contributed by atoms with Crippen LogP contribution in [0.1, 0.15) is 72.8 Å². The van der Waals surface area contributed by atoms with E-state index in [1.165, 1.54) is 12.1 Å². The summed E-state index contributed by atoms with van der Waals surface area (Å²) in [6.45, 7) is 2.96. The number of aromatic nitrogens is 3. The second-order valence-corrected chi connectivity index (χ2v) is 12.6. The zero-order valence-corrected chi connectivity index (χ0v) is 20.8. The van der Waals surface area contributed by atoms with E-state index >= 15 is 0 Å². The number of benzene rings is 1. The van der Waals surface area contributed by atoms with Gasteiger partial charge >= 0.3 is 12.2 Å². The van der Waals surface area contributed by atoms with Crippen LogP contribution in [0.25, 0.3) is 0 Å². The first-order valence-electron chi connectivity index (χ1n) is 13.2. The van der Waals surface area contributed by atoms with Gasteiger partial charge in [-0.2, -0.15) is 23.5 Å². The maximum absolute atomic E-state index is 14.2. The zero-order valence-electron chi connectivity index (χ0n) is 20.8. The highest BCUT2D eigenvalue weighted by Gasteiger charge is 2.59. The first kappa shape index (κ1) is 23.9. The Morgan fingerprint density at radius 3 is 2.29 bits per heavy atom. The number of nitrogens with one attached hydrogen (secondary N) is 1. The van der Waals surface area contributed by atoms with Crippen molar-refractivity contribution in [1.82, 2.24) is 25.0 Å². The molecule has 7 rings (SSSR count). The van der Waals surface area contributed by atoms with Crippen molar-refractivity contribution in [3.8, 4) is 6.07 Å². The fourth-order valence-electron chi connectivity index (χ4n) is 7.38. The van der Waals surface area contributed by atoms with Gasteiger partial charge in [0.15, 0.2) is 11.5 Å². The fourth-order valence-corrected chi connectivity index (χ4v) is 7.38. The average molecular weight is 529 g/mol. The SMILES string of the molecule is N#Cc1cc(CC2CC3(C2)CN(C(=O)N2CC4(CC(c5nc(C6(F)CC6)n[nH]5)C4)C2)C3)ccc1C(F)(F)F. The summed E-state index contributed by atoms with van der Waals surface area (Å²) < 4.78 is 53.3. The Balaban J connectivity index is 0.855. The van der Waals surface area contributed by atoms with E-state index in [4.69, 9.17) is 5.26 Å². The highest BCUT2D eigenvalue weighted by molar-refractivity contribution is 5.77. The van der Waals surface area contributed by atoms with Gasteiger partial charge < -0.3 is 9.80 Å². The van der Waals surface area contributed by atoms with Crippen molar-refractivity contribution in [3.63, 3.8) is 0 Å². The second kappa shape index (κ2) is 7.70. The smallest absolute Gasteiger partial charge is 0.323 e. The summed E-state index contributed by atoms with van der Waals surface area (Å²) in [5.74, 6) is 1.67. The van der Waals surface area contributed by atoms with Crippen LogP contribution in [0.5, 0.6) is 0 Å². The van der Waals surface area contributed by atoms with Crippen molar-refractivity contribution < 1.29 is 22.4 Å². The molecule has 2 saturated heterocycles. The van der Waals surface area contributed by atoms with Gasteiger partial charge in [0.25, 0.3) is 0 Å². The van der Waals surface area contributed by atoms with Crippen LogP contribution < -0.4 is 0 Å². The molecule has 38 heavy (non-hydrogen) atoms. The van der Waals surface area contributed by atoms with E-state index in [-0.39, 0.29) is 34.2 Å². The summed E-state index contributed by atoms with van der Waals surface area (Å²) in [6, 6.07) is 5.60. The Kier molecular flexibility index (Phi) is 4.85. The summed E-state index contributed by atoms with van der Waals surface area (Å²) in [7, 11) is 0. The van der Waals surface area contributed by atoms with E-state index in [0.717, 1.165) is 69.3 Å². The number of aromatic amines is 1. The number of alkyl halides is 4. The maximum Gasteiger partial charge on any atom is 0.417 e. The van der Waals surface area contributed by atoms with Crippen LogP contribution in [0.4, 0.5) is 22.4 Å². The quantitative estimate of drug-likeness (QED) is 0.572. The molecule has 2 aliphatic heterocycles. The first-order chi connectivity index (χ1) is 18.0. The normalized spacial score (nSPS) is 24.8. The van der Waals surface area contributed by atoms with E-state index in [1.54, 1.807) is 6.07 Å². The van der Waals surface area contributed by atoms with Gasteiger partial charge in [0.1, 0.15) is 5.82 Å². The minimum Gasteiger partial charge on any atom is -0.323 e. The number of nitriles is 1. The second-order valence-electron chi connectivity index (χ2n) is 12.6. The fraction of sp³-hybridized carbons (Fsp3) is 0.630. The van der Waals surface area contributed by atoms with Gasteiger partial charge in [0, 0.05) is 42.9 Å². The molecule has 0 unspecified atom stereocenters. The molecule has 1 aromatic heterocycles. The highest BCUT2D eigenvalue weighted by Crippen LogP contribution is 2.57. The number of nitrogens with zero attached hydrogens (tertiary/aromatic N) is 5. The van der Waals surface area contributed by atoms with Gasteiger partial charge in [0.2, 0.25) is 0 Å². The molecule has 3 saturated carbocycles. The number of H-pyrrole nitrogens is 1. The minimum absolute atomic E-state index is 0.0876. The molecule has 1 N–H and O–H groups in total. The van der Waals surface area contributed by atoms with Crippen molar-refractivity contribution >= 4 is 6.03 Å². The lowest BCUT2D eigenvalue weighted by atomic mass is 9.56. The zero-order chi connectivity index (χ0) is 26.5. The molecule has 0 bridgehead atoms. The Bertz CT molecular complexity index is 1330. The molecule has 5 aliphatic rings. The van der Waals surface area contributed by atoms with Crippen molar-refractivity contribution in [2.45, 2.75) is 62.7 Å². The van der Waals surface area contributed by atoms with Crippen LogP contribution in [0, 0.1) is 28.1 Å². The van der Waals surface area contributed by atoms with E-state index in [2.05, 4.69) is 15.2 Å². The number of halogens is 4. The predicted octanol–water partition coefficient (Wildman–Crippen LogP) is 4.91. The Morgan fingerprint density at radius 1 is 1.08 bits per heavy atom. The molecular formula is C27H28F4N6O. The number of hydrogen-bond donors (Lipinski definition) is 1. The number of hydrogen-bond acceptors (Lipinski definition) is 4. The van der Waals surface area contributed by atoms with Crippen molar-refractivity contribution in [1.29, 1.82) is 5.26 Å². The number of rotatable bonds is 4. The van der Waals surface area contributed by atoms with Crippen molar-refractivity contribution in [3.05, 3.63) is 46.5 Å². The van der Waals surface area contributed by atoms with Gasteiger partial charge in [-0.3, -0.25) is 5.10 Å². The molecule has 2 spiro atoms. The molecule has 5 fully saturated rings. The van der Waals surface area contributed by atoms with Crippen LogP contribution in [-0.4, -0.2) is 57.2 Å². The number of carbonyl (C=O) groups excluding carboxylic acids is 1. The van der Waals surface area contributed by atoms with Crippen molar-refractivity contribution in [2.75, 3.05) is 26.2 Å². The number of urea groups is 1. The van der Waals surface area contributed by atoms with Crippen LogP contribution in [0.3, 0.4) is 0 Å². The monoisotopic (exact) mass is 528 g/mol. The van der Waals surface area contributed by atoms with E-state index in [1.807, 2.05) is 9.80 Å². The van der Waals surface area contributed by atoms with Gasteiger partial charge in [-0.15, -0.1) is 0 Å². The van der Waals surface area contributed by atoms with E-state index in [9.17, 15) is 22.4 Å². The summed E-state index contributed by atoms with van der Waals surface area (Å²) in [4.78, 5) is 21.2. The molecule has 200 valence electrons. The van der Waals surface area contributed by atoms with E-state index < -0.39 is 17.4 Å². The topological polar surface area (TPSA) is 88.9 Å². The highest BCUT2D eigenvalue weighted by atomic mass is 19.4. The van der Waals surface area contributed by atoms with Gasteiger partial charge in [-0.25, -0.2) is 14.2 Å². The Labute approximate surface area is 217 Å². The molecule has 0 atom stereocenters. The Hall–Kier alpha value is -3.16. The van der Waals surface area contributed by atoms with Gasteiger partial charge in [-0.05, 0) is 68.6 Å². The minimum atomic E-state index is -4.53. The van der Waals surface area contributed by atoms with Crippen LogP contribution >= 0.6 is 0 Å². The van der Waals surface area contributed by atoms with Crippen LogP contribution in [-0.2, 0) is 18.3 Å². The first-order valence-corrected chi connectivity index (χ1v) is 13.2. The number of carbonyl (C=O) groups is 1. The van der Waals surface area contributed by atoms with Crippen molar-refractivity contribution in [2.24, 2.45) is 16.7 Å². The third-order valence-corrected chi connectivity index (χ3v) is 9.46. The molecule has 3 aliphatic carbocycles. The summed E-state index contributed by atoms with van der Waals surface area (Å²) in [5, 5.41) is 16.1. The lowest BCUT2D eigenvalue weighted by Crippen LogP contribution is -2.70. The molecule has 2 amide bonds. The maximum atomic E-state index is 14.2. The summed E-state index contributed by atoms with van der Waals surface area (Å²) >= 11 is 0.